The SMILES string of the molecule is CN1C(=O)COc2c(CC3CCNCC3)cccc21. The monoisotopic (exact) mass is 260 g/mol. The largest absolute Gasteiger partial charge is 0.481 e. The Labute approximate surface area is 113 Å². The number of likely N-dealkylation sites (N-methyl/N-ethyl adjacent to an activating group) is 1. The van der Waals surface area contributed by atoms with Crippen LogP contribution in [-0.2, 0) is 11.2 Å². The molecule has 4 heteroatoms. The Hall–Kier alpha value is -1.55. The Morgan fingerprint density at radius 2 is 2.16 bits per heavy atom. The quantitative estimate of drug-likeness (QED) is 0.878. The van der Waals surface area contributed by atoms with Crippen molar-refractivity contribution in [3.63, 3.8) is 0 Å². The average molecular weight is 260 g/mol. The summed E-state index contributed by atoms with van der Waals surface area (Å²) < 4.78 is 5.67. The molecule has 0 aromatic heterocycles. The van der Waals surface area contributed by atoms with Gasteiger partial charge in [0.25, 0.3) is 5.91 Å². The number of hydrogen-bond acceptors (Lipinski definition) is 3. The summed E-state index contributed by atoms with van der Waals surface area (Å²) in [4.78, 5) is 13.3. The molecule has 1 saturated heterocycles. The van der Waals surface area contributed by atoms with Gasteiger partial charge >= 0.3 is 0 Å². The van der Waals surface area contributed by atoms with Crippen molar-refractivity contribution >= 4 is 11.6 Å². The number of benzene rings is 1. The first-order valence-electron chi connectivity index (χ1n) is 6.97. The van der Waals surface area contributed by atoms with E-state index in [1.807, 2.05) is 19.2 Å². The van der Waals surface area contributed by atoms with Gasteiger partial charge in [-0.2, -0.15) is 0 Å². The Kier molecular flexibility index (Phi) is 3.42. The third-order valence-corrected chi connectivity index (χ3v) is 4.12. The number of hydrogen-bond donors (Lipinski definition) is 1. The molecule has 1 aromatic carbocycles. The number of ether oxygens (including phenoxy) is 1. The molecule has 1 N–H and O–H groups in total. The van der Waals surface area contributed by atoms with Crippen molar-refractivity contribution in [2.75, 3.05) is 31.6 Å². The summed E-state index contributed by atoms with van der Waals surface area (Å²) >= 11 is 0. The van der Waals surface area contributed by atoms with Gasteiger partial charge in [-0.1, -0.05) is 12.1 Å². The van der Waals surface area contributed by atoms with Gasteiger partial charge in [0.1, 0.15) is 5.75 Å². The summed E-state index contributed by atoms with van der Waals surface area (Å²) in [5, 5.41) is 3.39. The van der Waals surface area contributed by atoms with Crippen molar-refractivity contribution in [1.82, 2.24) is 5.32 Å². The molecular formula is C15H20N2O2. The van der Waals surface area contributed by atoms with Crippen molar-refractivity contribution < 1.29 is 9.53 Å². The van der Waals surface area contributed by atoms with E-state index in [1.54, 1.807) is 4.90 Å². The van der Waals surface area contributed by atoms with Gasteiger partial charge in [0.2, 0.25) is 0 Å². The van der Waals surface area contributed by atoms with Crippen LogP contribution in [0.1, 0.15) is 18.4 Å². The number of nitrogens with zero attached hydrogens (tertiary/aromatic N) is 1. The number of rotatable bonds is 2. The van der Waals surface area contributed by atoms with Gasteiger partial charge in [0.05, 0.1) is 5.69 Å². The zero-order valence-corrected chi connectivity index (χ0v) is 11.3. The first-order chi connectivity index (χ1) is 9.25. The minimum absolute atomic E-state index is 0.0199. The fraction of sp³-hybridized carbons (Fsp3) is 0.533. The van der Waals surface area contributed by atoms with E-state index in [-0.39, 0.29) is 12.5 Å². The van der Waals surface area contributed by atoms with E-state index in [9.17, 15) is 4.79 Å². The first-order valence-corrected chi connectivity index (χ1v) is 6.97. The van der Waals surface area contributed by atoms with E-state index in [4.69, 9.17) is 4.74 Å². The molecule has 0 bridgehead atoms. The molecule has 1 aromatic rings. The van der Waals surface area contributed by atoms with Crippen LogP contribution in [0.15, 0.2) is 18.2 Å². The zero-order valence-electron chi connectivity index (χ0n) is 11.3. The highest BCUT2D eigenvalue weighted by atomic mass is 16.5. The molecule has 0 aliphatic carbocycles. The summed E-state index contributed by atoms with van der Waals surface area (Å²) in [5.41, 5.74) is 2.14. The molecule has 3 rings (SSSR count). The van der Waals surface area contributed by atoms with E-state index in [0.29, 0.717) is 0 Å². The Bertz CT molecular complexity index is 481. The van der Waals surface area contributed by atoms with E-state index in [2.05, 4.69) is 11.4 Å². The van der Waals surface area contributed by atoms with Crippen LogP contribution in [0.3, 0.4) is 0 Å². The maximum atomic E-state index is 11.7. The number of piperidine rings is 1. The molecule has 0 saturated carbocycles. The second kappa shape index (κ2) is 5.21. The van der Waals surface area contributed by atoms with E-state index in [1.165, 1.54) is 18.4 Å². The number of fused-ring (bicyclic) bond motifs is 1. The predicted octanol–water partition coefficient (Wildman–Crippen LogP) is 1.58. The highest BCUT2D eigenvalue weighted by Crippen LogP contribution is 2.36. The summed E-state index contributed by atoms with van der Waals surface area (Å²) in [7, 11) is 1.82. The molecule has 1 amide bonds. The zero-order chi connectivity index (χ0) is 13.2. The van der Waals surface area contributed by atoms with Gasteiger partial charge in [-0.15, -0.1) is 0 Å². The number of para-hydroxylation sites is 1. The normalized spacial score (nSPS) is 20.1. The van der Waals surface area contributed by atoms with Crippen LogP contribution in [0, 0.1) is 5.92 Å². The van der Waals surface area contributed by atoms with Crippen LogP contribution < -0.4 is 15.0 Å². The summed E-state index contributed by atoms with van der Waals surface area (Å²) in [6, 6.07) is 6.11. The minimum atomic E-state index is 0.0199. The van der Waals surface area contributed by atoms with Crippen molar-refractivity contribution in [2.45, 2.75) is 19.3 Å². The van der Waals surface area contributed by atoms with E-state index < -0.39 is 0 Å². The third kappa shape index (κ3) is 2.45. The lowest BCUT2D eigenvalue weighted by Gasteiger charge is -2.29. The molecule has 4 nitrogen and oxygen atoms in total. The lowest BCUT2D eigenvalue weighted by atomic mass is 9.90. The fourth-order valence-electron chi connectivity index (χ4n) is 2.92. The van der Waals surface area contributed by atoms with Crippen molar-refractivity contribution in [2.24, 2.45) is 5.92 Å². The standard InChI is InChI=1S/C15H20N2O2/c1-17-13-4-2-3-12(15(13)19-10-14(17)18)9-11-5-7-16-8-6-11/h2-4,11,16H,5-10H2,1H3. The molecule has 0 spiro atoms. The number of carbonyl (C=O) groups is 1. The number of carbonyl (C=O) groups excluding carboxylic acids is 1. The second-order valence-corrected chi connectivity index (χ2v) is 5.40. The summed E-state index contributed by atoms with van der Waals surface area (Å²) in [5.74, 6) is 1.65. The van der Waals surface area contributed by atoms with Crippen LogP contribution in [-0.4, -0.2) is 32.7 Å². The van der Waals surface area contributed by atoms with Gasteiger partial charge in [0.15, 0.2) is 6.61 Å². The summed E-state index contributed by atoms with van der Waals surface area (Å²) in [6.07, 6.45) is 3.49. The molecule has 2 aliphatic rings. The highest BCUT2D eigenvalue weighted by molar-refractivity contribution is 5.97. The van der Waals surface area contributed by atoms with E-state index >= 15 is 0 Å². The second-order valence-electron chi connectivity index (χ2n) is 5.40. The van der Waals surface area contributed by atoms with Gasteiger partial charge in [-0.3, -0.25) is 4.79 Å². The topological polar surface area (TPSA) is 41.6 Å². The average Bonchev–Trinajstić information content (AvgIpc) is 2.45. The Morgan fingerprint density at radius 1 is 1.37 bits per heavy atom. The van der Waals surface area contributed by atoms with Gasteiger partial charge in [0, 0.05) is 7.05 Å². The van der Waals surface area contributed by atoms with Crippen molar-refractivity contribution in [1.29, 1.82) is 0 Å². The van der Waals surface area contributed by atoms with Crippen molar-refractivity contribution in [3.05, 3.63) is 23.8 Å². The van der Waals surface area contributed by atoms with Gasteiger partial charge in [-0.05, 0) is 49.9 Å². The maximum Gasteiger partial charge on any atom is 0.264 e. The number of nitrogens with one attached hydrogen (secondary N) is 1. The Morgan fingerprint density at radius 3 is 2.95 bits per heavy atom. The first kappa shape index (κ1) is 12.5. The van der Waals surface area contributed by atoms with Crippen LogP contribution in [0.25, 0.3) is 0 Å². The molecule has 2 aliphatic heterocycles. The van der Waals surface area contributed by atoms with Gasteiger partial charge < -0.3 is 15.0 Å². The lowest BCUT2D eigenvalue weighted by Crippen LogP contribution is -2.36. The molecule has 0 radical (unpaired) electrons. The smallest absolute Gasteiger partial charge is 0.264 e. The minimum Gasteiger partial charge on any atom is -0.481 e. The van der Waals surface area contributed by atoms with Gasteiger partial charge in [-0.25, -0.2) is 0 Å². The number of amides is 1. The van der Waals surface area contributed by atoms with Crippen molar-refractivity contribution in [3.8, 4) is 5.75 Å². The highest BCUT2D eigenvalue weighted by Gasteiger charge is 2.25. The fourth-order valence-corrected chi connectivity index (χ4v) is 2.92. The maximum absolute atomic E-state index is 11.7. The lowest BCUT2D eigenvalue weighted by molar-refractivity contribution is -0.121. The third-order valence-electron chi connectivity index (χ3n) is 4.12. The van der Waals surface area contributed by atoms with Crippen LogP contribution in [0.2, 0.25) is 0 Å². The molecular weight excluding hydrogens is 240 g/mol. The molecule has 1 fully saturated rings. The number of anilines is 1. The summed E-state index contributed by atoms with van der Waals surface area (Å²) in [6.45, 7) is 2.38. The van der Waals surface area contributed by atoms with Crippen LogP contribution >= 0.6 is 0 Å². The van der Waals surface area contributed by atoms with Crippen LogP contribution in [0.5, 0.6) is 5.75 Å². The molecule has 0 atom stereocenters. The van der Waals surface area contributed by atoms with E-state index in [0.717, 1.165) is 36.9 Å². The molecule has 19 heavy (non-hydrogen) atoms. The predicted molar refractivity (Wildman–Crippen MR) is 74.6 cm³/mol. The molecule has 2 heterocycles. The molecule has 0 unspecified atom stereocenters. The molecule has 102 valence electrons. The Balaban J connectivity index is 1.84. The van der Waals surface area contributed by atoms with Crippen LogP contribution in [0.4, 0.5) is 5.69 Å².